The summed E-state index contributed by atoms with van der Waals surface area (Å²) in [5, 5.41) is 13.9. The van der Waals surface area contributed by atoms with E-state index in [4.69, 9.17) is 0 Å². The van der Waals surface area contributed by atoms with E-state index < -0.39 is 0 Å². The molecule has 0 aromatic carbocycles. The fourth-order valence-corrected chi connectivity index (χ4v) is 2.03. The zero-order valence-electron chi connectivity index (χ0n) is 9.93. The van der Waals surface area contributed by atoms with Crippen LogP contribution in [0.25, 0.3) is 0 Å². The smallest absolute Gasteiger partial charge is 0.222 e. The van der Waals surface area contributed by atoms with Crippen molar-refractivity contribution in [2.45, 2.75) is 38.3 Å². The summed E-state index contributed by atoms with van der Waals surface area (Å²) in [6.07, 6.45) is 7.08. The molecule has 6 nitrogen and oxygen atoms in total. The van der Waals surface area contributed by atoms with Crippen molar-refractivity contribution < 1.29 is 4.79 Å². The number of hydrogen-bond donors (Lipinski definition) is 2. The topological polar surface area (TPSA) is 71.8 Å². The van der Waals surface area contributed by atoms with Gasteiger partial charge in [0.15, 0.2) is 0 Å². The molecule has 1 unspecified atom stereocenters. The Hall–Kier alpha value is -1.43. The fourth-order valence-electron chi connectivity index (χ4n) is 2.03. The van der Waals surface area contributed by atoms with Gasteiger partial charge in [-0.15, -0.1) is 5.10 Å². The molecule has 2 heterocycles. The number of aryl methyl sites for hydroxylation is 1. The van der Waals surface area contributed by atoms with Gasteiger partial charge in [0.1, 0.15) is 0 Å². The number of hydrogen-bond acceptors (Lipinski definition) is 4. The average molecular weight is 237 g/mol. The standard InChI is InChI=1S/C11H19N5O/c17-11(4-8-16-9-7-13-15-16)14-10-2-1-5-12-6-3-10/h7,9-10,12H,1-6,8H2,(H,14,17). The van der Waals surface area contributed by atoms with E-state index in [1.165, 1.54) is 0 Å². The maximum absolute atomic E-state index is 11.7. The van der Waals surface area contributed by atoms with Crippen LogP contribution in [0.4, 0.5) is 0 Å². The number of aromatic nitrogens is 3. The van der Waals surface area contributed by atoms with Gasteiger partial charge < -0.3 is 10.6 Å². The molecular weight excluding hydrogens is 218 g/mol. The van der Waals surface area contributed by atoms with Gasteiger partial charge in [0, 0.05) is 18.7 Å². The van der Waals surface area contributed by atoms with Crippen LogP contribution >= 0.6 is 0 Å². The third kappa shape index (κ3) is 4.14. The number of nitrogens with one attached hydrogen (secondary N) is 2. The summed E-state index contributed by atoms with van der Waals surface area (Å²) in [6.45, 7) is 2.65. The van der Waals surface area contributed by atoms with Crippen LogP contribution < -0.4 is 10.6 Å². The SMILES string of the molecule is O=C(CCn1ccnn1)NC1CCCNCC1. The molecule has 0 saturated carbocycles. The van der Waals surface area contributed by atoms with Crippen molar-refractivity contribution in [1.82, 2.24) is 25.6 Å². The van der Waals surface area contributed by atoms with Gasteiger partial charge in [-0.05, 0) is 32.4 Å². The Balaban J connectivity index is 1.69. The second kappa shape index (κ2) is 6.34. The molecule has 0 bridgehead atoms. The molecular formula is C11H19N5O. The van der Waals surface area contributed by atoms with E-state index in [-0.39, 0.29) is 5.91 Å². The van der Waals surface area contributed by atoms with Gasteiger partial charge in [0.2, 0.25) is 5.91 Å². The summed E-state index contributed by atoms with van der Waals surface area (Å²) in [5.41, 5.74) is 0. The lowest BCUT2D eigenvalue weighted by Crippen LogP contribution is -2.35. The summed E-state index contributed by atoms with van der Waals surface area (Å²) in [6, 6.07) is 0.327. The summed E-state index contributed by atoms with van der Waals surface area (Å²) >= 11 is 0. The van der Waals surface area contributed by atoms with E-state index in [1.54, 1.807) is 17.1 Å². The van der Waals surface area contributed by atoms with Crippen LogP contribution in [0.15, 0.2) is 12.4 Å². The number of nitrogens with zero attached hydrogens (tertiary/aromatic N) is 3. The Morgan fingerprint density at radius 2 is 2.41 bits per heavy atom. The highest BCUT2D eigenvalue weighted by Gasteiger charge is 2.14. The molecule has 0 radical (unpaired) electrons. The minimum atomic E-state index is 0.104. The minimum absolute atomic E-state index is 0.104. The van der Waals surface area contributed by atoms with Crippen molar-refractivity contribution in [1.29, 1.82) is 0 Å². The molecule has 0 aliphatic carbocycles. The summed E-state index contributed by atoms with van der Waals surface area (Å²) in [7, 11) is 0. The Bertz CT molecular complexity index is 330. The predicted octanol–water partition coefficient (Wildman–Crippen LogP) is -0.0735. The molecule has 2 N–H and O–H groups in total. The molecule has 1 amide bonds. The van der Waals surface area contributed by atoms with E-state index in [0.29, 0.717) is 19.0 Å². The molecule has 17 heavy (non-hydrogen) atoms. The molecule has 1 saturated heterocycles. The van der Waals surface area contributed by atoms with Crippen LogP contribution in [0.2, 0.25) is 0 Å². The van der Waals surface area contributed by atoms with Crippen LogP contribution in [-0.4, -0.2) is 40.0 Å². The monoisotopic (exact) mass is 237 g/mol. The quantitative estimate of drug-likeness (QED) is 0.768. The highest BCUT2D eigenvalue weighted by molar-refractivity contribution is 5.76. The third-order valence-electron chi connectivity index (χ3n) is 2.98. The van der Waals surface area contributed by atoms with Crippen LogP contribution in [-0.2, 0) is 11.3 Å². The highest BCUT2D eigenvalue weighted by Crippen LogP contribution is 2.05. The Morgan fingerprint density at radius 1 is 1.47 bits per heavy atom. The lowest BCUT2D eigenvalue weighted by Gasteiger charge is -2.15. The zero-order chi connectivity index (χ0) is 11.9. The second-order valence-corrected chi connectivity index (χ2v) is 4.36. The highest BCUT2D eigenvalue weighted by atomic mass is 16.1. The first kappa shape index (κ1) is 12.0. The van der Waals surface area contributed by atoms with Crippen molar-refractivity contribution in [2.75, 3.05) is 13.1 Å². The molecule has 1 aromatic rings. The molecule has 1 atom stereocenters. The van der Waals surface area contributed by atoms with Crippen molar-refractivity contribution in [3.8, 4) is 0 Å². The first-order valence-corrected chi connectivity index (χ1v) is 6.19. The van der Waals surface area contributed by atoms with Crippen molar-refractivity contribution in [3.05, 3.63) is 12.4 Å². The van der Waals surface area contributed by atoms with Crippen molar-refractivity contribution in [3.63, 3.8) is 0 Å². The predicted molar refractivity (Wildman–Crippen MR) is 63.3 cm³/mol. The minimum Gasteiger partial charge on any atom is -0.353 e. The molecule has 1 aliphatic heterocycles. The van der Waals surface area contributed by atoms with E-state index in [2.05, 4.69) is 20.9 Å². The maximum Gasteiger partial charge on any atom is 0.222 e. The van der Waals surface area contributed by atoms with Crippen LogP contribution in [0.5, 0.6) is 0 Å². The third-order valence-corrected chi connectivity index (χ3v) is 2.98. The average Bonchev–Trinajstić information content (AvgIpc) is 2.72. The number of amides is 1. The van der Waals surface area contributed by atoms with Crippen molar-refractivity contribution in [2.24, 2.45) is 0 Å². The number of carbonyl (C=O) groups excluding carboxylic acids is 1. The largest absolute Gasteiger partial charge is 0.353 e. The van der Waals surface area contributed by atoms with Crippen LogP contribution in [0, 0.1) is 0 Å². The number of carbonyl (C=O) groups is 1. The van der Waals surface area contributed by atoms with Crippen LogP contribution in [0.1, 0.15) is 25.7 Å². The molecule has 6 heteroatoms. The summed E-state index contributed by atoms with van der Waals surface area (Å²) in [5.74, 6) is 0.104. The maximum atomic E-state index is 11.7. The Morgan fingerprint density at radius 3 is 3.24 bits per heavy atom. The molecule has 1 aliphatic rings. The van der Waals surface area contributed by atoms with Gasteiger partial charge >= 0.3 is 0 Å². The second-order valence-electron chi connectivity index (χ2n) is 4.36. The van der Waals surface area contributed by atoms with E-state index in [1.807, 2.05) is 0 Å². The van der Waals surface area contributed by atoms with Crippen molar-refractivity contribution >= 4 is 5.91 Å². The van der Waals surface area contributed by atoms with E-state index >= 15 is 0 Å². The van der Waals surface area contributed by atoms with Crippen LogP contribution in [0.3, 0.4) is 0 Å². The molecule has 1 fully saturated rings. The molecule has 1 aromatic heterocycles. The lowest BCUT2D eigenvalue weighted by molar-refractivity contribution is -0.122. The normalized spacial score (nSPS) is 20.8. The fraction of sp³-hybridized carbons (Fsp3) is 0.727. The van der Waals surface area contributed by atoms with Gasteiger partial charge in [-0.25, -0.2) is 0 Å². The molecule has 2 rings (SSSR count). The van der Waals surface area contributed by atoms with Gasteiger partial charge in [-0.2, -0.15) is 0 Å². The molecule has 94 valence electrons. The number of rotatable bonds is 4. The summed E-state index contributed by atoms with van der Waals surface area (Å²) in [4.78, 5) is 11.7. The van der Waals surface area contributed by atoms with Gasteiger partial charge in [-0.3, -0.25) is 9.48 Å². The van der Waals surface area contributed by atoms with E-state index in [9.17, 15) is 4.79 Å². The molecule has 0 spiro atoms. The van der Waals surface area contributed by atoms with Gasteiger partial charge in [-0.1, -0.05) is 5.21 Å². The Kier molecular flexibility index (Phi) is 4.49. The summed E-state index contributed by atoms with van der Waals surface area (Å²) < 4.78 is 1.67. The first-order chi connectivity index (χ1) is 8.34. The van der Waals surface area contributed by atoms with E-state index in [0.717, 1.165) is 32.4 Å². The zero-order valence-corrected chi connectivity index (χ0v) is 9.93. The first-order valence-electron chi connectivity index (χ1n) is 6.19. The lowest BCUT2D eigenvalue weighted by atomic mass is 10.1. The Labute approximate surface area is 101 Å². The van der Waals surface area contributed by atoms with Gasteiger partial charge in [0.05, 0.1) is 12.7 Å². The van der Waals surface area contributed by atoms with Gasteiger partial charge in [0.25, 0.3) is 0 Å².